The van der Waals surface area contributed by atoms with Crippen molar-refractivity contribution in [3.8, 4) is 17.6 Å². The van der Waals surface area contributed by atoms with Gasteiger partial charge in [-0.15, -0.1) is 0 Å². The first-order valence-electron chi connectivity index (χ1n) is 19.5. The van der Waals surface area contributed by atoms with E-state index in [1.807, 2.05) is 48.2 Å². The minimum absolute atomic E-state index is 0.00857. The zero-order valence-electron chi connectivity index (χ0n) is 32.5. The number of imide groups is 2. The van der Waals surface area contributed by atoms with Crippen LogP contribution in [0.3, 0.4) is 0 Å². The third-order valence-electron chi connectivity index (χ3n) is 12.6. The van der Waals surface area contributed by atoms with Gasteiger partial charge in [0.15, 0.2) is 0 Å². The number of amides is 5. The van der Waals surface area contributed by atoms with Crippen LogP contribution in [-0.4, -0.2) is 82.1 Å². The van der Waals surface area contributed by atoms with Crippen LogP contribution in [0.25, 0.3) is 0 Å². The summed E-state index contributed by atoms with van der Waals surface area (Å²) in [5.41, 5.74) is 4.21. The fourth-order valence-electron chi connectivity index (χ4n) is 9.92. The van der Waals surface area contributed by atoms with Gasteiger partial charge in [0.1, 0.15) is 29.7 Å². The van der Waals surface area contributed by atoms with Crippen molar-refractivity contribution in [3.63, 3.8) is 0 Å². The van der Waals surface area contributed by atoms with Crippen molar-refractivity contribution in [1.29, 1.82) is 5.26 Å². The number of hydrogen-bond acceptors (Lipinski definition) is 9. The average molecular weight is 758 g/mol. The van der Waals surface area contributed by atoms with Gasteiger partial charge in [0.2, 0.25) is 11.8 Å². The summed E-state index contributed by atoms with van der Waals surface area (Å²) >= 11 is 0. The zero-order valence-corrected chi connectivity index (χ0v) is 32.5. The number of carbonyl (C=O) groups excluding carboxylic acids is 5. The molecule has 8 rings (SSSR count). The summed E-state index contributed by atoms with van der Waals surface area (Å²) in [6.07, 6.45) is 1.76. The van der Waals surface area contributed by atoms with Gasteiger partial charge in [0, 0.05) is 55.5 Å². The van der Waals surface area contributed by atoms with E-state index < -0.39 is 29.7 Å². The molecule has 5 aliphatic rings. The molecule has 1 N–H and O–H groups in total. The largest absolute Gasteiger partial charge is 0.489 e. The number of ether oxygens (including phenoxy) is 2. The van der Waals surface area contributed by atoms with Crippen LogP contribution in [0.1, 0.15) is 107 Å². The summed E-state index contributed by atoms with van der Waals surface area (Å²) in [7, 11) is 0. The second-order valence-electron chi connectivity index (χ2n) is 17.3. The van der Waals surface area contributed by atoms with E-state index in [1.54, 1.807) is 18.2 Å². The van der Waals surface area contributed by atoms with E-state index in [4.69, 9.17) is 9.47 Å². The van der Waals surface area contributed by atoms with Gasteiger partial charge in [-0.3, -0.25) is 39.1 Å². The number of hydrogen-bond donors (Lipinski definition) is 1. The lowest BCUT2D eigenvalue weighted by atomic mass is 9.51. The fraction of sp³-hybridized carbons (Fsp3) is 0.455. The molecule has 3 aromatic carbocycles. The molecule has 1 aliphatic carbocycles. The van der Waals surface area contributed by atoms with E-state index in [-0.39, 0.29) is 41.8 Å². The smallest absolute Gasteiger partial charge is 0.262 e. The van der Waals surface area contributed by atoms with Gasteiger partial charge in [-0.2, -0.15) is 5.26 Å². The predicted octanol–water partition coefficient (Wildman–Crippen LogP) is 5.40. The number of piperidine rings is 2. The highest BCUT2D eigenvalue weighted by Gasteiger charge is 2.65. The molecular weight excluding hydrogens is 711 g/mol. The molecular formula is C44H47N5O7. The van der Waals surface area contributed by atoms with Crippen molar-refractivity contribution in [2.24, 2.45) is 16.7 Å². The van der Waals surface area contributed by atoms with Crippen molar-refractivity contribution < 1.29 is 33.4 Å². The van der Waals surface area contributed by atoms with Crippen molar-refractivity contribution in [2.45, 2.75) is 91.6 Å². The lowest BCUT2D eigenvalue weighted by Crippen LogP contribution is -2.71. The SMILES string of the molecule is Cc1cc(O[C@H]2C(C)(C)[C@H](Oc3ccc(C(=O)N4CCC(CN5Cc6cc7c(cc6C5)C(=O)N(C5CCC(=O)NC5=O)C7=O)CC4)cc3)C2(C)C)ccc1C#N. The summed E-state index contributed by atoms with van der Waals surface area (Å²) in [4.78, 5) is 69.5. The molecule has 5 amide bonds. The van der Waals surface area contributed by atoms with Crippen LogP contribution in [0.4, 0.5) is 0 Å². The van der Waals surface area contributed by atoms with Gasteiger partial charge >= 0.3 is 0 Å². The number of carbonyl (C=O) groups is 5. The van der Waals surface area contributed by atoms with Crippen LogP contribution in [0, 0.1) is 35.0 Å². The first kappa shape index (κ1) is 37.4. The van der Waals surface area contributed by atoms with Gasteiger partial charge < -0.3 is 14.4 Å². The minimum atomic E-state index is -0.975. The van der Waals surface area contributed by atoms with Crippen LogP contribution in [-0.2, 0) is 22.7 Å². The first-order valence-corrected chi connectivity index (χ1v) is 19.5. The number of fused-ring (bicyclic) bond motifs is 2. The highest BCUT2D eigenvalue weighted by atomic mass is 16.5. The quantitative estimate of drug-likeness (QED) is 0.299. The van der Waals surface area contributed by atoms with Gasteiger partial charge in [-0.1, -0.05) is 27.7 Å². The standard InChI is InChI=1S/C44H47N5O7/c1-25-18-32(11-8-28(25)21-45)56-42-43(2,3)41(44(42,4)5)55-31-9-6-27(7-10-31)38(52)48-16-14-26(15-17-48)22-47-23-29-19-33-34(20-30(29)24-47)40(54)49(39(33)53)35-12-13-36(50)46-37(35)51/h6-11,18-20,26,35,41-42H,12-17,22-24H2,1-5H3,(H,46,50,51)/t35?,41-,42-. The average Bonchev–Trinajstić information content (AvgIpc) is 3.67. The predicted molar refractivity (Wildman–Crippen MR) is 205 cm³/mol. The van der Waals surface area contributed by atoms with Crippen molar-refractivity contribution >= 4 is 29.5 Å². The van der Waals surface area contributed by atoms with Crippen molar-refractivity contribution in [2.75, 3.05) is 19.6 Å². The number of nitrogens with one attached hydrogen (secondary N) is 1. The molecule has 0 radical (unpaired) electrons. The Morgan fingerprint density at radius 2 is 1.39 bits per heavy atom. The Morgan fingerprint density at radius 3 is 1.95 bits per heavy atom. The van der Waals surface area contributed by atoms with Crippen LogP contribution < -0.4 is 14.8 Å². The van der Waals surface area contributed by atoms with E-state index in [0.717, 1.165) is 46.7 Å². The maximum Gasteiger partial charge on any atom is 0.262 e. The first-order chi connectivity index (χ1) is 26.6. The number of aryl methyl sites for hydroxylation is 1. The molecule has 56 heavy (non-hydrogen) atoms. The second kappa shape index (κ2) is 13.9. The van der Waals surface area contributed by atoms with Crippen LogP contribution in [0.5, 0.6) is 11.5 Å². The summed E-state index contributed by atoms with van der Waals surface area (Å²) in [6, 6.07) is 17.8. The Bertz CT molecular complexity index is 2140. The maximum atomic E-state index is 13.5. The third kappa shape index (κ3) is 6.41. The molecule has 290 valence electrons. The second-order valence-corrected chi connectivity index (χ2v) is 17.3. The molecule has 0 aromatic heterocycles. The molecule has 4 aliphatic heterocycles. The molecule has 1 saturated carbocycles. The van der Waals surface area contributed by atoms with Gasteiger partial charge in [0.25, 0.3) is 17.7 Å². The Kier molecular flexibility index (Phi) is 9.27. The Hall–Kier alpha value is -5.54. The van der Waals surface area contributed by atoms with Gasteiger partial charge in [-0.05, 0) is 103 Å². The topological polar surface area (TPSA) is 149 Å². The highest BCUT2D eigenvalue weighted by Crippen LogP contribution is 2.57. The van der Waals surface area contributed by atoms with Crippen molar-refractivity contribution in [3.05, 3.63) is 93.5 Å². The summed E-state index contributed by atoms with van der Waals surface area (Å²) < 4.78 is 13.0. The molecule has 12 nitrogen and oxygen atoms in total. The zero-order chi connectivity index (χ0) is 39.7. The molecule has 12 heteroatoms. The molecule has 1 unspecified atom stereocenters. The molecule has 2 saturated heterocycles. The highest BCUT2D eigenvalue weighted by molar-refractivity contribution is 6.23. The molecule has 3 aromatic rings. The summed E-state index contributed by atoms with van der Waals surface area (Å²) in [6.45, 7) is 14.0. The lowest BCUT2D eigenvalue weighted by molar-refractivity contribution is -0.224. The number of likely N-dealkylation sites (tertiary alicyclic amines) is 1. The van der Waals surface area contributed by atoms with Crippen molar-refractivity contribution in [1.82, 2.24) is 20.0 Å². The number of benzene rings is 3. The van der Waals surface area contributed by atoms with Gasteiger partial charge in [0.05, 0.1) is 22.8 Å². The van der Waals surface area contributed by atoms with E-state index in [1.165, 1.54) is 0 Å². The van der Waals surface area contributed by atoms with E-state index in [2.05, 4.69) is 44.0 Å². The van der Waals surface area contributed by atoms with E-state index >= 15 is 0 Å². The van der Waals surface area contributed by atoms with Crippen LogP contribution in [0.15, 0.2) is 54.6 Å². The number of nitriles is 1. The van der Waals surface area contributed by atoms with Crippen LogP contribution in [0.2, 0.25) is 0 Å². The van der Waals surface area contributed by atoms with E-state index in [9.17, 15) is 29.2 Å². The van der Waals surface area contributed by atoms with Crippen LogP contribution >= 0.6 is 0 Å². The number of nitrogens with zero attached hydrogens (tertiary/aromatic N) is 4. The van der Waals surface area contributed by atoms with Gasteiger partial charge in [-0.25, -0.2) is 0 Å². The molecule has 1 atom stereocenters. The Morgan fingerprint density at radius 1 is 0.821 bits per heavy atom. The number of rotatable bonds is 8. The molecule has 0 bridgehead atoms. The fourth-order valence-corrected chi connectivity index (χ4v) is 9.92. The third-order valence-corrected chi connectivity index (χ3v) is 12.6. The minimum Gasteiger partial charge on any atom is -0.489 e. The normalized spacial score (nSPS) is 24.2. The lowest BCUT2D eigenvalue weighted by Gasteiger charge is -2.62. The molecule has 0 spiro atoms. The molecule has 3 fully saturated rings. The Balaban J connectivity index is 0.821. The molecule has 4 heterocycles. The maximum absolute atomic E-state index is 13.5. The monoisotopic (exact) mass is 757 g/mol. The summed E-state index contributed by atoms with van der Waals surface area (Å²) in [5, 5.41) is 11.5. The summed E-state index contributed by atoms with van der Waals surface area (Å²) in [5.74, 6) is -0.115. The Labute approximate surface area is 326 Å². The van der Waals surface area contributed by atoms with E-state index in [0.29, 0.717) is 60.1 Å².